The molecule has 0 saturated carbocycles. The fourth-order valence-corrected chi connectivity index (χ4v) is 1.43. The maximum Gasteiger partial charge on any atom is 0.115 e. The molecule has 0 aliphatic carbocycles. The fraction of sp³-hybridized carbons (Fsp3) is 0.273. The van der Waals surface area contributed by atoms with Gasteiger partial charge >= 0.3 is 0 Å². The van der Waals surface area contributed by atoms with Gasteiger partial charge in [-0.25, -0.2) is 0 Å². The predicted octanol–water partition coefficient (Wildman–Crippen LogP) is 2.27. The average molecular weight is 254 g/mol. The number of phenolic OH excluding ortho intramolecular Hbond substituents is 1. The summed E-state index contributed by atoms with van der Waals surface area (Å²) in [6.07, 6.45) is 0. The molecule has 1 rings (SSSR count). The highest BCUT2D eigenvalue weighted by atomic mass is 79.9. The maximum atomic E-state index is 9.26. The van der Waals surface area contributed by atoms with Crippen LogP contribution in [0.1, 0.15) is 12.5 Å². The summed E-state index contributed by atoms with van der Waals surface area (Å²) in [5, 5.41) is 12.4. The Labute approximate surface area is 92.5 Å². The molecule has 0 fully saturated rings. The van der Waals surface area contributed by atoms with Crippen molar-refractivity contribution in [3.8, 4) is 17.6 Å². The molecule has 2 N–H and O–H groups in total. The van der Waals surface area contributed by atoms with E-state index in [-0.39, 0.29) is 5.75 Å². The number of hydrogen-bond donors (Lipinski definition) is 2. The lowest BCUT2D eigenvalue weighted by atomic mass is 10.2. The second-order valence-electron chi connectivity index (χ2n) is 2.81. The number of hydrogen-bond acceptors (Lipinski definition) is 2. The van der Waals surface area contributed by atoms with Crippen LogP contribution in [0.15, 0.2) is 22.7 Å². The second kappa shape index (κ2) is 5.69. The fourth-order valence-electron chi connectivity index (χ4n) is 1.04. The van der Waals surface area contributed by atoms with Crippen LogP contribution in [0.5, 0.6) is 5.75 Å². The van der Waals surface area contributed by atoms with Crippen LogP contribution in [-0.2, 0) is 6.54 Å². The van der Waals surface area contributed by atoms with Gasteiger partial charge < -0.3 is 10.4 Å². The number of benzene rings is 1. The summed E-state index contributed by atoms with van der Waals surface area (Å²) < 4.78 is 0.993. The maximum absolute atomic E-state index is 9.26. The standard InChI is InChI=1S/C11H12BrNO/c1-2-3-6-13-8-9-7-10(14)4-5-11(9)12/h4-5,7,13-14H,6,8H2,1H3. The highest BCUT2D eigenvalue weighted by molar-refractivity contribution is 9.10. The molecule has 2 nitrogen and oxygen atoms in total. The Bertz CT molecular complexity index is 365. The van der Waals surface area contributed by atoms with E-state index in [0.717, 1.165) is 10.0 Å². The zero-order valence-corrected chi connectivity index (χ0v) is 9.56. The van der Waals surface area contributed by atoms with Crippen LogP contribution in [0.25, 0.3) is 0 Å². The SMILES string of the molecule is CC#CCNCc1cc(O)ccc1Br. The Morgan fingerprint density at radius 1 is 1.50 bits per heavy atom. The van der Waals surface area contributed by atoms with Crippen LogP contribution in [0, 0.1) is 11.8 Å². The average Bonchev–Trinajstić information content (AvgIpc) is 2.18. The van der Waals surface area contributed by atoms with Gasteiger partial charge in [-0.15, -0.1) is 5.92 Å². The molecule has 3 heteroatoms. The topological polar surface area (TPSA) is 32.3 Å². The first-order valence-corrected chi connectivity index (χ1v) is 5.11. The second-order valence-corrected chi connectivity index (χ2v) is 3.66. The van der Waals surface area contributed by atoms with Gasteiger partial charge in [0.05, 0.1) is 6.54 Å². The molecule has 0 saturated heterocycles. The summed E-state index contributed by atoms with van der Waals surface area (Å²) in [6, 6.07) is 5.22. The van der Waals surface area contributed by atoms with E-state index in [4.69, 9.17) is 0 Å². The molecular weight excluding hydrogens is 242 g/mol. The first kappa shape index (κ1) is 11.1. The third-order valence-corrected chi connectivity index (χ3v) is 2.51. The molecule has 0 amide bonds. The zero-order valence-electron chi connectivity index (χ0n) is 7.97. The third-order valence-electron chi connectivity index (χ3n) is 1.73. The summed E-state index contributed by atoms with van der Waals surface area (Å²) in [7, 11) is 0. The van der Waals surface area contributed by atoms with E-state index in [2.05, 4.69) is 33.1 Å². The molecule has 1 aromatic carbocycles. The van der Waals surface area contributed by atoms with Gasteiger partial charge in [0.15, 0.2) is 0 Å². The largest absolute Gasteiger partial charge is 0.508 e. The molecule has 0 bridgehead atoms. The van der Waals surface area contributed by atoms with Gasteiger partial charge in [0, 0.05) is 11.0 Å². The zero-order chi connectivity index (χ0) is 10.4. The number of nitrogens with one attached hydrogen (secondary N) is 1. The minimum absolute atomic E-state index is 0.284. The molecule has 1 aromatic rings. The van der Waals surface area contributed by atoms with Gasteiger partial charge in [0.2, 0.25) is 0 Å². The molecule has 0 aliphatic heterocycles. The lowest BCUT2D eigenvalue weighted by molar-refractivity contribution is 0.474. The van der Waals surface area contributed by atoms with Gasteiger partial charge in [-0.3, -0.25) is 0 Å². The van der Waals surface area contributed by atoms with E-state index in [1.165, 1.54) is 0 Å². The molecule has 0 spiro atoms. The number of phenols is 1. The summed E-state index contributed by atoms with van der Waals surface area (Å²) in [4.78, 5) is 0. The molecule has 0 unspecified atom stereocenters. The van der Waals surface area contributed by atoms with Crippen LogP contribution >= 0.6 is 15.9 Å². The lowest BCUT2D eigenvalue weighted by Crippen LogP contribution is -2.13. The summed E-state index contributed by atoms with van der Waals surface area (Å²) in [5.74, 6) is 6.00. The van der Waals surface area contributed by atoms with E-state index < -0.39 is 0 Å². The van der Waals surface area contributed by atoms with Gasteiger partial charge in [-0.2, -0.15) is 0 Å². The lowest BCUT2D eigenvalue weighted by Gasteiger charge is -2.04. The quantitative estimate of drug-likeness (QED) is 0.640. The van der Waals surface area contributed by atoms with Crippen LogP contribution in [0.4, 0.5) is 0 Å². The summed E-state index contributed by atoms with van der Waals surface area (Å²) >= 11 is 3.41. The van der Waals surface area contributed by atoms with Crippen molar-refractivity contribution in [3.63, 3.8) is 0 Å². The van der Waals surface area contributed by atoms with E-state index in [0.29, 0.717) is 13.1 Å². The Kier molecular flexibility index (Phi) is 4.51. The Hall–Kier alpha value is -0.980. The molecule has 14 heavy (non-hydrogen) atoms. The monoisotopic (exact) mass is 253 g/mol. The molecule has 0 aromatic heterocycles. The molecule has 74 valence electrons. The first-order valence-electron chi connectivity index (χ1n) is 4.31. The van der Waals surface area contributed by atoms with Crippen molar-refractivity contribution >= 4 is 15.9 Å². The van der Waals surface area contributed by atoms with Gasteiger partial charge in [-0.1, -0.05) is 21.9 Å². The van der Waals surface area contributed by atoms with E-state index >= 15 is 0 Å². The molecule has 0 atom stereocenters. The van der Waals surface area contributed by atoms with Crippen LogP contribution in [0.2, 0.25) is 0 Å². The Morgan fingerprint density at radius 2 is 2.29 bits per heavy atom. The number of rotatable bonds is 3. The van der Waals surface area contributed by atoms with Crippen molar-refractivity contribution in [2.24, 2.45) is 0 Å². The smallest absolute Gasteiger partial charge is 0.115 e. The minimum atomic E-state index is 0.284. The molecular formula is C11H12BrNO. The van der Waals surface area contributed by atoms with Crippen LogP contribution in [0.3, 0.4) is 0 Å². The van der Waals surface area contributed by atoms with Gasteiger partial charge in [-0.05, 0) is 30.7 Å². The van der Waals surface area contributed by atoms with Crippen molar-refractivity contribution < 1.29 is 5.11 Å². The van der Waals surface area contributed by atoms with E-state index in [9.17, 15) is 5.11 Å². The van der Waals surface area contributed by atoms with E-state index in [1.807, 2.05) is 13.0 Å². The molecule has 0 heterocycles. The molecule has 0 aliphatic rings. The Balaban J connectivity index is 2.56. The molecule has 0 radical (unpaired) electrons. The van der Waals surface area contributed by atoms with Crippen molar-refractivity contribution in [1.29, 1.82) is 0 Å². The number of aromatic hydroxyl groups is 1. The van der Waals surface area contributed by atoms with Gasteiger partial charge in [0.1, 0.15) is 5.75 Å². The first-order chi connectivity index (χ1) is 6.74. The number of halogens is 1. The van der Waals surface area contributed by atoms with Crippen LogP contribution < -0.4 is 5.32 Å². The third kappa shape index (κ3) is 3.41. The van der Waals surface area contributed by atoms with E-state index in [1.54, 1.807) is 12.1 Å². The normalized spacial score (nSPS) is 9.29. The van der Waals surface area contributed by atoms with Crippen LogP contribution in [-0.4, -0.2) is 11.7 Å². The minimum Gasteiger partial charge on any atom is -0.508 e. The summed E-state index contributed by atoms with van der Waals surface area (Å²) in [6.45, 7) is 3.17. The highest BCUT2D eigenvalue weighted by Gasteiger charge is 1.99. The summed E-state index contributed by atoms with van der Waals surface area (Å²) in [5.41, 5.74) is 1.03. The van der Waals surface area contributed by atoms with Crippen molar-refractivity contribution in [2.75, 3.05) is 6.54 Å². The van der Waals surface area contributed by atoms with Crippen molar-refractivity contribution in [3.05, 3.63) is 28.2 Å². The van der Waals surface area contributed by atoms with Crippen molar-refractivity contribution in [2.45, 2.75) is 13.5 Å². The highest BCUT2D eigenvalue weighted by Crippen LogP contribution is 2.21. The predicted molar refractivity (Wildman–Crippen MR) is 61.0 cm³/mol. The van der Waals surface area contributed by atoms with Gasteiger partial charge in [0.25, 0.3) is 0 Å². The van der Waals surface area contributed by atoms with Crippen molar-refractivity contribution in [1.82, 2.24) is 5.32 Å². The Morgan fingerprint density at radius 3 is 3.00 bits per heavy atom.